The average Bonchev–Trinajstić information content (AvgIpc) is 2.82. The molecule has 1 aliphatic heterocycles. The van der Waals surface area contributed by atoms with Crippen molar-refractivity contribution in [1.82, 2.24) is 5.32 Å². The molecule has 0 fully saturated rings. The summed E-state index contributed by atoms with van der Waals surface area (Å²) in [6, 6.07) is 5.93. The molecular weight excluding hydrogens is 381 g/mol. The fourth-order valence-corrected chi connectivity index (χ4v) is 4.31. The summed E-state index contributed by atoms with van der Waals surface area (Å²) in [4.78, 5) is 1.28. The van der Waals surface area contributed by atoms with Gasteiger partial charge in [0.2, 0.25) is 0 Å². The van der Waals surface area contributed by atoms with E-state index < -0.39 is 0 Å². The molecule has 1 atom stereocenters. The molecular formula is C14H12BrCl2NOS. The summed E-state index contributed by atoms with van der Waals surface area (Å²) in [5, 5.41) is 6.86. The zero-order valence-corrected chi connectivity index (χ0v) is 14.4. The first-order valence-corrected chi connectivity index (χ1v) is 8.65. The lowest BCUT2D eigenvalue weighted by atomic mass is 10.0. The van der Waals surface area contributed by atoms with Crippen LogP contribution in [0.5, 0.6) is 5.75 Å². The summed E-state index contributed by atoms with van der Waals surface area (Å²) < 4.78 is 6.81. The Morgan fingerprint density at radius 2 is 2.25 bits per heavy atom. The van der Waals surface area contributed by atoms with E-state index in [4.69, 9.17) is 27.9 Å². The van der Waals surface area contributed by atoms with E-state index in [2.05, 4.69) is 32.7 Å². The van der Waals surface area contributed by atoms with Gasteiger partial charge in [0.15, 0.2) is 0 Å². The van der Waals surface area contributed by atoms with Crippen LogP contribution in [0, 0.1) is 0 Å². The van der Waals surface area contributed by atoms with Crippen LogP contribution in [0.3, 0.4) is 0 Å². The third-order valence-electron chi connectivity index (χ3n) is 3.27. The first-order valence-electron chi connectivity index (χ1n) is 6.22. The Hall–Kier alpha value is -0.260. The highest BCUT2D eigenvalue weighted by atomic mass is 79.9. The van der Waals surface area contributed by atoms with Crippen LogP contribution in [0.4, 0.5) is 0 Å². The van der Waals surface area contributed by atoms with Gasteiger partial charge in [-0.15, -0.1) is 11.3 Å². The zero-order chi connectivity index (χ0) is 14.1. The molecule has 0 spiro atoms. The van der Waals surface area contributed by atoms with Crippen LogP contribution in [-0.4, -0.2) is 6.61 Å². The van der Waals surface area contributed by atoms with Gasteiger partial charge in [-0.3, -0.25) is 0 Å². The van der Waals surface area contributed by atoms with Crippen LogP contribution in [-0.2, 0) is 6.54 Å². The molecule has 2 heterocycles. The summed E-state index contributed by atoms with van der Waals surface area (Å²) in [5.74, 6) is 0.755. The maximum absolute atomic E-state index is 6.20. The lowest BCUT2D eigenvalue weighted by Crippen LogP contribution is -2.26. The summed E-state index contributed by atoms with van der Waals surface area (Å²) in [6.07, 6.45) is 0.909. The number of rotatable bonds is 3. The topological polar surface area (TPSA) is 21.3 Å². The second-order valence-corrected chi connectivity index (χ2v) is 7.27. The number of halogens is 3. The molecule has 3 rings (SSSR count). The molecule has 0 radical (unpaired) electrons. The molecule has 1 aromatic carbocycles. The van der Waals surface area contributed by atoms with Crippen LogP contribution in [0.1, 0.15) is 22.9 Å². The Morgan fingerprint density at radius 3 is 3.00 bits per heavy atom. The third kappa shape index (κ3) is 3.00. The minimum atomic E-state index is 0.212. The Kier molecular flexibility index (Phi) is 4.58. The maximum atomic E-state index is 6.20. The standard InChI is InChI=1S/C14H12BrCl2NOS/c15-10-2-4-20-13(10)7-18-12-1-3-19-14-9(12)5-8(16)6-11(14)17/h2,4-6,12,18H,1,3,7H2. The first-order chi connectivity index (χ1) is 9.65. The SMILES string of the molecule is Clc1cc(Cl)c2c(c1)C(NCc1sccc1Br)CCO2. The summed E-state index contributed by atoms with van der Waals surface area (Å²) in [5.41, 5.74) is 1.04. The van der Waals surface area contributed by atoms with Crippen molar-refractivity contribution >= 4 is 50.5 Å². The maximum Gasteiger partial charge on any atom is 0.142 e. The lowest BCUT2D eigenvalue weighted by Gasteiger charge is -2.27. The molecule has 0 bridgehead atoms. The fourth-order valence-electron chi connectivity index (χ4n) is 2.30. The van der Waals surface area contributed by atoms with Gasteiger partial charge in [-0.05, 0) is 39.5 Å². The predicted octanol–water partition coefficient (Wildman–Crippen LogP) is 5.43. The van der Waals surface area contributed by atoms with E-state index in [9.17, 15) is 0 Å². The van der Waals surface area contributed by atoms with Gasteiger partial charge in [0, 0.05) is 38.9 Å². The average molecular weight is 393 g/mol. The predicted molar refractivity (Wildman–Crippen MR) is 88.2 cm³/mol. The molecule has 1 aromatic heterocycles. The van der Waals surface area contributed by atoms with Gasteiger partial charge in [0.25, 0.3) is 0 Å². The quantitative estimate of drug-likeness (QED) is 0.751. The summed E-state index contributed by atoms with van der Waals surface area (Å²) in [7, 11) is 0. The van der Waals surface area contributed by atoms with Crippen molar-refractivity contribution in [3.8, 4) is 5.75 Å². The number of thiophene rings is 1. The van der Waals surface area contributed by atoms with E-state index >= 15 is 0 Å². The molecule has 0 aliphatic carbocycles. The fraction of sp³-hybridized carbons (Fsp3) is 0.286. The monoisotopic (exact) mass is 391 g/mol. The zero-order valence-electron chi connectivity index (χ0n) is 10.5. The number of ether oxygens (including phenoxy) is 1. The van der Waals surface area contributed by atoms with Gasteiger partial charge in [-0.25, -0.2) is 0 Å². The largest absolute Gasteiger partial charge is 0.492 e. The van der Waals surface area contributed by atoms with Crippen LogP contribution < -0.4 is 10.1 Å². The summed E-state index contributed by atoms with van der Waals surface area (Å²) in [6.45, 7) is 1.48. The molecule has 0 amide bonds. The number of hydrogen-bond donors (Lipinski definition) is 1. The Balaban J connectivity index is 1.81. The van der Waals surface area contributed by atoms with Gasteiger partial charge in [-0.1, -0.05) is 23.2 Å². The van der Waals surface area contributed by atoms with Crippen molar-refractivity contribution in [1.29, 1.82) is 0 Å². The molecule has 1 aliphatic rings. The number of hydrogen-bond acceptors (Lipinski definition) is 3. The van der Waals surface area contributed by atoms with Crippen LogP contribution in [0.2, 0.25) is 10.0 Å². The molecule has 20 heavy (non-hydrogen) atoms. The van der Waals surface area contributed by atoms with Crippen molar-refractivity contribution in [3.63, 3.8) is 0 Å². The number of nitrogens with one attached hydrogen (secondary N) is 1. The molecule has 1 N–H and O–H groups in total. The first kappa shape index (κ1) is 14.7. The normalized spacial score (nSPS) is 17.6. The van der Waals surface area contributed by atoms with E-state index in [1.165, 1.54) is 4.88 Å². The van der Waals surface area contributed by atoms with E-state index in [1.807, 2.05) is 6.07 Å². The highest BCUT2D eigenvalue weighted by Gasteiger charge is 2.24. The summed E-state index contributed by atoms with van der Waals surface area (Å²) >= 11 is 17.6. The minimum Gasteiger partial charge on any atom is -0.492 e. The molecule has 106 valence electrons. The van der Waals surface area contributed by atoms with Crippen molar-refractivity contribution in [2.24, 2.45) is 0 Å². The van der Waals surface area contributed by atoms with E-state index in [1.54, 1.807) is 17.4 Å². The highest BCUT2D eigenvalue weighted by Crippen LogP contribution is 2.40. The van der Waals surface area contributed by atoms with Gasteiger partial charge in [0.05, 0.1) is 11.6 Å². The van der Waals surface area contributed by atoms with Crippen molar-refractivity contribution in [3.05, 3.63) is 48.5 Å². The highest BCUT2D eigenvalue weighted by molar-refractivity contribution is 9.10. The van der Waals surface area contributed by atoms with Crippen molar-refractivity contribution in [2.75, 3.05) is 6.61 Å². The molecule has 1 unspecified atom stereocenters. The van der Waals surface area contributed by atoms with Crippen LogP contribution >= 0.6 is 50.5 Å². The Bertz CT molecular complexity index is 632. The third-order valence-corrected chi connectivity index (χ3v) is 5.69. The smallest absolute Gasteiger partial charge is 0.142 e. The Morgan fingerprint density at radius 1 is 1.40 bits per heavy atom. The molecule has 0 saturated carbocycles. The van der Waals surface area contributed by atoms with Crippen LogP contribution in [0.25, 0.3) is 0 Å². The van der Waals surface area contributed by atoms with Gasteiger partial charge in [0.1, 0.15) is 5.75 Å². The lowest BCUT2D eigenvalue weighted by molar-refractivity contribution is 0.252. The number of benzene rings is 1. The second kappa shape index (κ2) is 6.24. The van der Waals surface area contributed by atoms with Gasteiger partial charge >= 0.3 is 0 Å². The van der Waals surface area contributed by atoms with Gasteiger partial charge in [-0.2, -0.15) is 0 Å². The van der Waals surface area contributed by atoms with Gasteiger partial charge < -0.3 is 10.1 Å². The van der Waals surface area contributed by atoms with Crippen molar-refractivity contribution < 1.29 is 4.74 Å². The molecule has 2 aromatic rings. The van der Waals surface area contributed by atoms with E-state index in [0.29, 0.717) is 16.7 Å². The molecule has 6 heteroatoms. The number of fused-ring (bicyclic) bond motifs is 1. The Labute approximate surface area is 140 Å². The molecule has 0 saturated heterocycles. The van der Waals surface area contributed by atoms with E-state index in [0.717, 1.165) is 28.8 Å². The second-order valence-electron chi connectivity index (χ2n) is 4.57. The molecule has 2 nitrogen and oxygen atoms in total. The minimum absolute atomic E-state index is 0.212. The van der Waals surface area contributed by atoms with Crippen LogP contribution in [0.15, 0.2) is 28.1 Å². The van der Waals surface area contributed by atoms with Crippen molar-refractivity contribution in [2.45, 2.75) is 19.0 Å². The van der Waals surface area contributed by atoms with E-state index in [-0.39, 0.29) is 6.04 Å².